The first kappa shape index (κ1) is 12.1. The highest BCUT2D eigenvalue weighted by Gasteiger charge is 2.10. The van der Waals surface area contributed by atoms with E-state index in [1.807, 2.05) is 19.1 Å². The van der Waals surface area contributed by atoms with Gasteiger partial charge in [0.1, 0.15) is 11.6 Å². The Morgan fingerprint density at radius 3 is 2.88 bits per heavy atom. The normalized spacial score (nSPS) is 12.6. The molecule has 1 atom stereocenters. The van der Waals surface area contributed by atoms with E-state index in [4.69, 9.17) is 16.0 Å². The van der Waals surface area contributed by atoms with Crippen LogP contribution >= 0.6 is 11.6 Å². The lowest BCUT2D eigenvalue weighted by molar-refractivity contribution is 0.427. The first-order valence-electron chi connectivity index (χ1n) is 5.38. The van der Waals surface area contributed by atoms with Crippen LogP contribution in [0.5, 0.6) is 0 Å². The third-order valence-electron chi connectivity index (χ3n) is 2.60. The molecule has 4 heteroatoms. The van der Waals surface area contributed by atoms with Crippen molar-refractivity contribution in [3.05, 3.63) is 58.8 Å². The van der Waals surface area contributed by atoms with E-state index in [0.717, 1.165) is 5.76 Å². The monoisotopic (exact) mass is 253 g/mol. The first-order valence-corrected chi connectivity index (χ1v) is 5.76. The van der Waals surface area contributed by atoms with E-state index in [1.54, 1.807) is 18.4 Å². The van der Waals surface area contributed by atoms with Crippen molar-refractivity contribution < 1.29 is 8.81 Å². The number of benzene rings is 1. The van der Waals surface area contributed by atoms with Crippen molar-refractivity contribution in [3.8, 4) is 0 Å². The fourth-order valence-corrected chi connectivity index (χ4v) is 1.78. The van der Waals surface area contributed by atoms with E-state index in [-0.39, 0.29) is 16.9 Å². The molecule has 90 valence electrons. The Bertz CT molecular complexity index is 484. The second kappa shape index (κ2) is 5.34. The number of halogens is 2. The smallest absolute Gasteiger partial charge is 0.146 e. The molecule has 0 bridgehead atoms. The highest BCUT2D eigenvalue weighted by atomic mass is 35.5. The molecule has 0 saturated heterocycles. The second-order valence-corrected chi connectivity index (χ2v) is 4.24. The molecule has 0 fully saturated rings. The van der Waals surface area contributed by atoms with Gasteiger partial charge in [-0.25, -0.2) is 4.39 Å². The molecule has 1 aromatic heterocycles. The molecule has 1 heterocycles. The molecule has 0 unspecified atom stereocenters. The Balaban J connectivity index is 2.00. The quantitative estimate of drug-likeness (QED) is 0.893. The van der Waals surface area contributed by atoms with Crippen LogP contribution in [-0.2, 0) is 6.54 Å². The maximum absolute atomic E-state index is 13.6. The summed E-state index contributed by atoms with van der Waals surface area (Å²) in [5, 5.41) is 3.33. The van der Waals surface area contributed by atoms with Gasteiger partial charge in [-0.05, 0) is 25.1 Å². The van der Waals surface area contributed by atoms with Gasteiger partial charge >= 0.3 is 0 Å². The van der Waals surface area contributed by atoms with Gasteiger partial charge in [0.2, 0.25) is 0 Å². The Kier molecular flexibility index (Phi) is 3.82. The molecule has 0 aliphatic carbocycles. The van der Waals surface area contributed by atoms with Gasteiger partial charge in [0.15, 0.2) is 0 Å². The van der Waals surface area contributed by atoms with Gasteiger partial charge in [-0.15, -0.1) is 0 Å². The van der Waals surface area contributed by atoms with Gasteiger partial charge < -0.3 is 9.73 Å². The summed E-state index contributed by atoms with van der Waals surface area (Å²) in [4.78, 5) is 0. The van der Waals surface area contributed by atoms with Gasteiger partial charge in [-0.3, -0.25) is 0 Å². The molecule has 0 radical (unpaired) electrons. The molecular formula is C13H13ClFNO. The first-order chi connectivity index (χ1) is 8.18. The van der Waals surface area contributed by atoms with E-state index < -0.39 is 0 Å². The van der Waals surface area contributed by atoms with Crippen LogP contribution in [0.4, 0.5) is 4.39 Å². The van der Waals surface area contributed by atoms with Crippen LogP contribution in [0.1, 0.15) is 24.3 Å². The summed E-state index contributed by atoms with van der Waals surface area (Å²) in [6.45, 7) is 2.37. The van der Waals surface area contributed by atoms with Crippen molar-refractivity contribution in [2.75, 3.05) is 0 Å². The summed E-state index contributed by atoms with van der Waals surface area (Å²) in [6, 6.07) is 8.72. The molecule has 1 N–H and O–H groups in total. The fourth-order valence-electron chi connectivity index (χ4n) is 1.59. The van der Waals surface area contributed by atoms with Crippen LogP contribution in [0.25, 0.3) is 0 Å². The molecule has 0 aliphatic rings. The molecule has 1 aromatic carbocycles. The van der Waals surface area contributed by atoms with Gasteiger partial charge in [0.05, 0.1) is 17.3 Å². The molecule has 2 aromatic rings. The Hall–Kier alpha value is -1.32. The zero-order valence-corrected chi connectivity index (χ0v) is 10.2. The Labute approximate surface area is 104 Å². The van der Waals surface area contributed by atoms with E-state index in [1.165, 1.54) is 6.07 Å². The van der Waals surface area contributed by atoms with E-state index in [0.29, 0.717) is 12.1 Å². The Morgan fingerprint density at radius 1 is 1.35 bits per heavy atom. The van der Waals surface area contributed by atoms with Gasteiger partial charge in [0.25, 0.3) is 0 Å². The van der Waals surface area contributed by atoms with Crippen molar-refractivity contribution >= 4 is 11.6 Å². The minimum Gasteiger partial charge on any atom is -0.468 e. The summed E-state index contributed by atoms with van der Waals surface area (Å²) in [5.74, 6) is 0.459. The summed E-state index contributed by atoms with van der Waals surface area (Å²) in [6.07, 6.45) is 1.62. The van der Waals surface area contributed by atoms with E-state index in [2.05, 4.69) is 5.32 Å². The number of nitrogens with one attached hydrogen (secondary N) is 1. The fraction of sp³-hybridized carbons (Fsp3) is 0.231. The van der Waals surface area contributed by atoms with Gasteiger partial charge in [0, 0.05) is 12.1 Å². The van der Waals surface area contributed by atoms with Crippen LogP contribution in [-0.4, -0.2) is 0 Å². The topological polar surface area (TPSA) is 25.2 Å². The third kappa shape index (κ3) is 2.87. The van der Waals surface area contributed by atoms with Crippen LogP contribution in [0, 0.1) is 5.82 Å². The molecule has 0 spiro atoms. The third-order valence-corrected chi connectivity index (χ3v) is 2.89. The zero-order valence-electron chi connectivity index (χ0n) is 9.41. The number of rotatable bonds is 4. The predicted molar refractivity (Wildman–Crippen MR) is 65.4 cm³/mol. The maximum Gasteiger partial charge on any atom is 0.146 e. The number of hydrogen-bond donors (Lipinski definition) is 1. The summed E-state index contributed by atoms with van der Waals surface area (Å²) >= 11 is 5.71. The molecular weight excluding hydrogens is 241 g/mol. The minimum absolute atomic E-state index is 0.0309. The molecule has 0 saturated carbocycles. The highest BCUT2D eigenvalue weighted by Crippen LogP contribution is 2.19. The average Bonchev–Trinajstić information content (AvgIpc) is 2.84. The van der Waals surface area contributed by atoms with Gasteiger partial charge in [-0.1, -0.05) is 23.7 Å². The highest BCUT2D eigenvalue weighted by molar-refractivity contribution is 6.30. The van der Waals surface area contributed by atoms with Crippen molar-refractivity contribution in [1.82, 2.24) is 5.32 Å². The largest absolute Gasteiger partial charge is 0.468 e. The van der Waals surface area contributed by atoms with Crippen LogP contribution in [0.3, 0.4) is 0 Å². The SMILES string of the molecule is C[C@@H](NCc1cccc(Cl)c1F)c1ccco1. The standard InChI is InChI=1S/C13H13ClFNO/c1-9(12-6-3-7-17-12)16-8-10-4-2-5-11(14)13(10)15/h2-7,9,16H,8H2,1H3/t9-/m1/s1. The molecule has 17 heavy (non-hydrogen) atoms. The molecule has 2 rings (SSSR count). The van der Waals surface area contributed by atoms with Crippen molar-refractivity contribution in [1.29, 1.82) is 0 Å². The lowest BCUT2D eigenvalue weighted by Gasteiger charge is -2.12. The predicted octanol–water partition coefficient (Wildman–Crippen LogP) is 3.92. The zero-order chi connectivity index (χ0) is 12.3. The lowest BCUT2D eigenvalue weighted by atomic mass is 10.2. The van der Waals surface area contributed by atoms with E-state index in [9.17, 15) is 4.39 Å². The van der Waals surface area contributed by atoms with Crippen molar-refractivity contribution in [3.63, 3.8) is 0 Å². The lowest BCUT2D eigenvalue weighted by Crippen LogP contribution is -2.18. The average molecular weight is 254 g/mol. The van der Waals surface area contributed by atoms with Crippen molar-refractivity contribution in [2.45, 2.75) is 19.5 Å². The summed E-state index contributed by atoms with van der Waals surface area (Å²) in [5.41, 5.74) is 0.552. The Morgan fingerprint density at radius 2 is 2.18 bits per heavy atom. The second-order valence-electron chi connectivity index (χ2n) is 3.83. The van der Waals surface area contributed by atoms with E-state index >= 15 is 0 Å². The van der Waals surface area contributed by atoms with Crippen LogP contribution in [0.2, 0.25) is 5.02 Å². The minimum atomic E-state index is -0.367. The maximum atomic E-state index is 13.6. The number of hydrogen-bond acceptors (Lipinski definition) is 2. The molecule has 0 aliphatic heterocycles. The molecule has 2 nitrogen and oxygen atoms in total. The van der Waals surface area contributed by atoms with Gasteiger partial charge in [-0.2, -0.15) is 0 Å². The summed E-state index contributed by atoms with van der Waals surface area (Å²) < 4.78 is 18.9. The molecule has 0 amide bonds. The number of furan rings is 1. The van der Waals surface area contributed by atoms with Crippen molar-refractivity contribution in [2.24, 2.45) is 0 Å². The summed E-state index contributed by atoms with van der Waals surface area (Å²) in [7, 11) is 0. The van der Waals surface area contributed by atoms with Crippen LogP contribution < -0.4 is 5.32 Å². The van der Waals surface area contributed by atoms with Crippen LogP contribution in [0.15, 0.2) is 41.0 Å².